The van der Waals surface area contributed by atoms with E-state index in [1.54, 1.807) is 0 Å². The van der Waals surface area contributed by atoms with Crippen LogP contribution in [0.25, 0.3) is 0 Å². The van der Waals surface area contributed by atoms with Crippen LogP contribution in [0.3, 0.4) is 0 Å². The zero-order chi connectivity index (χ0) is 7.00. The molecule has 0 saturated carbocycles. The maximum Gasteiger partial charge on any atom is 0.187 e. The van der Waals surface area contributed by atoms with E-state index in [-0.39, 0.29) is 31.2 Å². The Morgan fingerprint density at radius 1 is 1.11 bits per heavy atom. The number of hydrogen-bond acceptors (Lipinski definition) is 1. The molecule has 0 aliphatic carbocycles. The van der Waals surface area contributed by atoms with E-state index < -0.39 is 8.32 Å². The van der Waals surface area contributed by atoms with E-state index in [2.05, 4.69) is 20.8 Å². The molecule has 0 saturated heterocycles. The summed E-state index contributed by atoms with van der Waals surface area (Å²) in [6.07, 6.45) is 0. The molecule has 1 nitrogen and oxygen atoms in total. The van der Waals surface area contributed by atoms with Gasteiger partial charge in [0.05, 0.1) is 0 Å². The quantitative estimate of drug-likeness (QED) is 0.623. The van der Waals surface area contributed by atoms with Gasteiger partial charge in [0.2, 0.25) is 0 Å². The van der Waals surface area contributed by atoms with Crippen LogP contribution in [0.1, 0.15) is 20.8 Å². The standard InChI is InChI=1S/C6H16OSi.Zr/c1-6(2,3)8(4,5)7;/h7H,1-5H3;. The first kappa shape index (κ1) is 12.7. The van der Waals surface area contributed by atoms with Gasteiger partial charge in [-0.05, 0) is 18.1 Å². The molecule has 0 aliphatic heterocycles. The third kappa shape index (κ3) is 4.46. The first-order valence-corrected chi connectivity index (χ1v) is 5.92. The van der Waals surface area contributed by atoms with Gasteiger partial charge in [0.1, 0.15) is 0 Å². The number of rotatable bonds is 0. The SMILES string of the molecule is CC(C)(C)[Si](C)(C)O.[Zr]. The molecular formula is C6H16OSiZr. The van der Waals surface area contributed by atoms with E-state index in [4.69, 9.17) is 0 Å². The van der Waals surface area contributed by atoms with Crippen LogP contribution in [0.4, 0.5) is 0 Å². The van der Waals surface area contributed by atoms with Crippen LogP contribution in [-0.4, -0.2) is 13.1 Å². The molecule has 0 amide bonds. The summed E-state index contributed by atoms with van der Waals surface area (Å²) in [6, 6.07) is 0. The van der Waals surface area contributed by atoms with Crippen molar-refractivity contribution in [2.24, 2.45) is 0 Å². The second-order valence-corrected chi connectivity index (χ2v) is 8.43. The molecule has 0 aromatic rings. The van der Waals surface area contributed by atoms with E-state index in [9.17, 15) is 4.80 Å². The van der Waals surface area contributed by atoms with Crippen LogP contribution in [0.2, 0.25) is 18.1 Å². The molecule has 9 heavy (non-hydrogen) atoms. The molecule has 0 atom stereocenters. The third-order valence-corrected chi connectivity index (χ3v) is 5.51. The molecule has 0 radical (unpaired) electrons. The smallest absolute Gasteiger partial charge is 0.187 e. The van der Waals surface area contributed by atoms with Crippen molar-refractivity contribution in [1.29, 1.82) is 0 Å². The average Bonchev–Trinajstić information content (AvgIpc) is 1.25. The number of hydrogen-bond donors (Lipinski definition) is 1. The van der Waals surface area contributed by atoms with Crippen molar-refractivity contribution < 1.29 is 31.0 Å². The minimum absolute atomic E-state index is 0. The van der Waals surface area contributed by atoms with E-state index in [0.717, 1.165) is 0 Å². The molecule has 0 heterocycles. The average molecular weight is 224 g/mol. The summed E-state index contributed by atoms with van der Waals surface area (Å²) < 4.78 is 0. The van der Waals surface area contributed by atoms with Crippen molar-refractivity contribution in [2.75, 3.05) is 0 Å². The maximum absolute atomic E-state index is 9.49. The van der Waals surface area contributed by atoms with Crippen LogP contribution in [0.5, 0.6) is 0 Å². The van der Waals surface area contributed by atoms with E-state index >= 15 is 0 Å². The van der Waals surface area contributed by atoms with Gasteiger partial charge >= 0.3 is 0 Å². The largest absolute Gasteiger partial charge is 0.432 e. The third-order valence-electron chi connectivity index (χ3n) is 1.84. The molecular weight excluding hydrogens is 207 g/mol. The minimum atomic E-state index is -1.86. The molecule has 1 N–H and O–H groups in total. The Morgan fingerprint density at radius 2 is 1.22 bits per heavy atom. The van der Waals surface area contributed by atoms with Crippen LogP contribution in [0.15, 0.2) is 0 Å². The van der Waals surface area contributed by atoms with E-state index in [0.29, 0.717) is 0 Å². The van der Waals surface area contributed by atoms with Crippen LogP contribution in [0, 0.1) is 0 Å². The van der Waals surface area contributed by atoms with Crippen molar-refractivity contribution in [3.8, 4) is 0 Å². The molecule has 0 aliphatic rings. The van der Waals surface area contributed by atoms with Gasteiger partial charge < -0.3 is 4.80 Å². The predicted octanol–water partition coefficient (Wildman–Crippen LogP) is 1.98. The summed E-state index contributed by atoms with van der Waals surface area (Å²) in [4.78, 5) is 9.49. The monoisotopic (exact) mass is 222 g/mol. The Bertz CT molecular complexity index is 68.0. The fourth-order valence-electron chi connectivity index (χ4n) is 0. The van der Waals surface area contributed by atoms with Gasteiger partial charge in [-0.15, -0.1) is 0 Å². The van der Waals surface area contributed by atoms with Crippen molar-refractivity contribution in [3.05, 3.63) is 0 Å². The minimum Gasteiger partial charge on any atom is -0.432 e. The van der Waals surface area contributed by atoms with Gasteiger partial charge in [0.25, 0.3) is 0 Å². The molecule has 0 spiro atoms. The molecule has 3 heteroatoms. The molecule has 0 unspecified atom stereocenters. The summed E-state index contributed by atoms with van der Waals surface area (Å²) in [5, 5.41) is 0.132. The van der Waals surface area contributed by atoms with Gasteiger partial charge in [-0.1, -0.05) is 20.8 Å². The molecule has 0 fully saturated rings. The summed E-state index contributed by atoms with van der Waals surface area (Å²) in [6.45, 7) is 10.2. The van der Waals surface area contributed by atoms with Gasteiger partial charge in [0.15, 0.2) is 8.32 Å². The van der Waals surface area contributed by atoms with Crippen molar-refractivity contribution >= 4 is 8.32 Å². The van der Waals surface area contributed by atoms with Crippen LogP contribution >= 0.6 is 0 Å². The summed E-state index contributed by atoms with van der Waals surface area (Å²) in [7, 11) is -1.86. The van der Waals surface area contributed by atoms with E-state index in [1.165, 1.54) is 0 Å². The molecule has 54 valence electrons. The topological polar surface area (TPSA) is 20.2 Å². The van der Waals surface area contributed by atoms with Crippen LogP contribution in [-0.2, 0) is 26.2 Å². The molecule has 0 aromatic carbocycles. The summed E-state index contributed by atoms with van der Waals surface area (Å²) in [5.41, 5.74) is 0. The molecule has 0 rings (SSSR count). The zero-order valence-corrected chi connectivity index (χ0v) is 10.4. The second-order valence-electron chi connectivity index (χ2n) is 3.81. The summed E-state index contributed by atoms with van der Waals surface area (Å²) >= 11 is 0. The van der Waals surface area contributed by atoms with Crippen molar-refractivity contribution in [2.45, 2.75) is 38.9 Å². The Hall–Kier alpha value is 1.06. The van der Waals surface area contributed by atoms with Crippen molar-refractivity contribution in [1.82, 2.24) is 0 Å². The molecule has 0 aromatic heterocycles. The zero-order valence-electron chi connectivity index (χ0n) is 6.95. The van der Waals surface area contributed by atoms with Gasteiger partial charge in [-0.2, -0.15) is 0 Å². The normalized spacial score (nSPS) is 12.7. The fraction of sp³-hybridized carbons (Fsp3) is 1.00. The predicted molar refractivity (Wildman–Crippen MR) is 39.4 cm³/mol. The fourth-order valence-corrected chi connectivity index (χ4v) is 0. The molecule has 0 bridgehead atoms. The first-order chi connectivity index (χ1) is 3.25. The van der Waals surface area contributed by atoms with Crippen molar-refractivity contribution in [3.63, 3.8) is 0 Å². The second kappa shape index (κ2) is 3.45. The summed E-state index contributed by atoms with van der Waals surface area (Å²) in [5.74, 6) is 0. The Balaban J connectivity index is 0. The Kier molecular flexibility index (Phi) is 4.87. The van der Waals surface area contributed by atoms with Gasteiger partial charge in [-0.25, -0.2) is 0 Å². The van der Waals surface area contributed by atoms with Gasteiger partial charge in [-0.3, -0.25) is 0 Å². The van der Waals surface area contributed by atoms with Gasteiger partial charge in [0, 0.05) is 26.2 Å². The van der Waals surface area contributed by atoms with E-state index in [1.807, 2.05) is 13.1 Å². The maximum atomic E-state index is 9.49. The Morgan fingerprint density at radius 3 is 1.22 bits per heavy atom. The first-order valence-electron chi connectivity index (χ1n) is 2.97. The Labute approximate surface area is 78.1 Å². The van der Waals surface area contributed by atoms with Crippen LogP contribution < -0.4 is 0 Å².